The van der Waals surface area contributed by atoms with Crippen LogP contribution >= 0.6 is 0 Å². The van der Waals surface area contributed by atoms with Crippen LogP contribution in [0, 0.1) is 5.41 Å². The van der Waals surface area contributed by atoms with Gasteiger partial charge in [0.05, 0.1) is 0 Å². The number of alkyl halides is 6. The lowest BCUT2D eigenvalue weighted by atomic mass is 9.85. The van der Waals surface area contributed by atoms with Crippen molar-refractivity contribution in [2.24, 2.45) is 5.41 Å². The maximum atomic E-state index is 12.9. The number of carbonyl (C=O) groups excluding carboxylic acids is 1. The van der Waals surface area contributed by atoms with Crippen molar-refractivity contribution in [1.82, 2.24) is 10.2 Å². The molecule has 1 rings (SSSR count). The SMILES string of the molecule is CC(CCCO)NC(=O)N1CCC(C(F)(F)F)(C(F)(F)F)C1. The number of carbonyl (C=O) groups is 1. The summed E-state index contributed by atoms with van der Waals surface area (Å²) in [4.78, 5) is 12.3. The third-order valence-electron chi connectivity index (χ3n) is 3.81. The summed E-state index contributed by atoms with van der Waals surface area (Å²) < 4.78 is 77.2. The third kappa shape index (κ3) is 3.76. The molecule has 2 N–H and O–H groups in total. The van der Waals surface area contributed by atoms with Crippen molar-refractivity contribution in [2.75, 3.05) is 19.7 Å². The predicted molar refractivity (Wildman–Crippen MR) is 65.0 cm³/mol. The molecule has 22 heavy (non-hydrogen) atoms. The number of rotatable bonds is 4. The molecular weight excluding hydrogens is 318 g/mol. The molecule has 0 aliphatic carbocycles. The first-order chi connectivity index (χ1) is 9.94. The van der Waals surface area contributed by atoms with Crippen LogP contribution in [0.4, 0.5) is 31.1 Å². The van der Waals surface area contributed by atoms with Gasteiger partial charge in [0.2, 0.25) is 0 Å². The number of hydrogen-bond donors (Lipinski definition) is 2. The summed E-state index contributed by atoms with van der Waals surface area (Å²) in [6.45, 7) is -0.601. The van der Waals surface area contributed by atoms with Gasteiger partial charge >= 0.3 is 18.4 Å². The van der Waals surface area contributed by atoms with E-state index in [4.69, 9.17) is 5.11 Å². The highest BCUT2D eigenvalue weighted by Gasteiger charge is 2.72. The molecule has 1 aliphatic heterocycles. The van der Waals surface area contributed by atoms with E-state index >= 15 is 0 Å². The van der Waals surface area contributed by atoms with E-state index in [2.05, 4.69) is 5.32 Å². The van der Waals surface area contributed by atoms with E-state index in [1.165, 1.54) is 0 Å². The topological polar surface area (TPSA) is 52.6 Å². The first-order valence-corrected chi connectivity index (χ1v) is 6.74. The Hall–Kier alpha value is -1.19. The van der Waals surface area contributed by atoms with Crippen LogP contribution in [0.5, 0.6) is 0 Å². The van der Waals surface area contributed by atoms with Crippen LogP contribution in [0.15, 0.2) is 0 Å². The summed E-state index contributed by atoms with van der Waals surface area (Å²) in [6, 6.07) is -1.41. The molecule has 10 heteroatoms. The number of likely N-dealkylation sites (tertiary alicyclic amines) is 1. The summed E-state index contributed by atoms with van der Waals surface area (Å²) in [5.74, 6) is 0. The summed E-state index contributed by atoms with van der Waals surface area (Å²) >= 11 is 0. The Morgan fingerprint density at radius 3 is 2.23 bits per heavy atom. The molecule has 0 aromatic rings. The van der Waals surface area contributed by atoms with Gasteiger partial charge in [0, 0.05) is 25.7 Å². The molecule has 0 radical (unpaired) electrons. The molecule has 1 unspecified atom stereocenters. The summed E-state index contributed by atoms with van der Waals surface area (Å²) in [5, 5.41) is 11.0. The highest BCUT2D eigenvalue weighted by molar-refractivity contribution is 5.75. The van der Waals surface area contributed by atoms with Crippen LogP contribution in [-0.4, -0.2) is 54.1 Å². The Bertz CT molecular complexity index is 382. The minimum absolute atomic E-state index is 0.116. The van der Waals surface area contributed by atoms with E-state index in [1.807, 2.05) is 0 Å². The first-order valence-electron chi connectivity index (χ1n) is 6.74. The standard InChI is InChI=1S/C12H18F6N2O2/c1-8(3-2-6-21)19-9(22)20-5-4-10(7-20,11(13,14)15)12(16,17)18/h8,21H,2-7H2,1H3,(H,19,22). The van der Waals surface area contributed by atoms with Crippen LogP contribution < -0.4 is 5.32 Å². The monoisotopic (exact) mass is 336 g/mol. The molecule has 2 amide bonds. The average molecular weight is 336 g/mol. The molecule has 0 saturated carbocycles. The Morgan fingerprint density at radius 1 is 1.27 bits per heavy atom. The highest BCUT2D eigenvalue weighted by atomic mass is 19.4. The van der Waals surface area contributed by atoms with Crippen LogP contribution in [-0.2, 0) is 0 Å². The Balaban J connectivity index is 2.76. The van der Waals surface area contributed by atoms with Gasteiger partial charge in [-0.3, -0.25) is 0 Å². The molecule has 0 bridgehead atoms. The summed E-state index contributed by atoms with van der Waals surface area (Å²) in [5.41, 5.74) is -3.87. The van der Waals surface area contributed by atoms with E-state index in [0.717, 1.165) is 0 Å². The number of amides is 2. The number of aliphatic hydroxyl groups excluding tert-OH is 1. The maximum absolute atomic E-state index is 12.9. The number of aliphatic hydroxyl groups is 1. The van der Waals surface area contributed by atoms with Gasteiger partial charge in [0.15, 0.2) is 5.41 Å². The van der Waals surface area contributed by atoms with E-state index in [9.17, 15) is 31.1 Å². The lowest BCUT2D eigenvalue weighted by molar-refractivity contribution is -0.334. The summed E-state index contributed by atoms with van der Waals surface area (Å²) in [7, 11) is 0. The van der Waals surface area contributed by atoms with Gasteiger partial charge in [-0.25, -0.2) is 4.79 Å². The van der Waals surface area contributed by atoms with E-state index in [1.54, 1.807) is 6.92 Å². The zero-order valence-electron chi connectivity index (χ0n) is 11.9. The van der Waals surface area contributed by atoms with Crippen LogP contribution in [0.1, 0.15) is 26.2 Å². The van der Waals surface area contributed by atoms with Crippen molar-refractivity contribution in [3.05, 3.63) is 0 Å². The number of nitrogens with one attached hydrogen (secondary N) is 1. The zero-order valence-corrected chi connectivity index (χ0v) is 11.9. The number of halogens is 6. The molecule has 130 valence electrons. The molecule has 1 heterocycles. The largest absolute Gasteiger partial charge is 0.404 e. The molecule has 1 saturated heterocycles. The van der Waals surface area contributed by atoms with Crippen LogP contribution in [0.3, 0.4) is 0 Å². The van der Waals surface area contributed by atoms with Crippen molar-refractivity contribution in [2.45, 2.75) is 44.6 Å². The minimum Gasteiger partial charge on any atom is -0.396 e. The molecule has 0 aromatic heterocycles. The lowest BCUT2D eigenvalue weighted by Crippen LogP contribution is -2.53. The maximum Gasteiger partial charge on any atom is 0.404 e. The van der Waals surface area contributed by atoms with E-state index in [0.29, 0.717) is 17.7 Å². The van der Waals surface area contributed by atoms with Crippen molar-refractivity contribution in [3.63, 3.8) is 0 Å². The van der Waals surface area contributed by atoms with Gasteiger partial charge in [-0.2, -0.15) is 26.3 Å². The molecule has 1 aliphatic rings. The normalized spacial score (nSPS) is 20.1. The van der Waals surface area contributed by atoms with Crippen LogP contribution in [0.25, 0.3) is 0 Å². The predicted octanol–water partition coefficient (Wildman–Crippen LogP) is 2.67. The van der Waals surface area contributed by atoms with Crippen molar-refractivity contribution in [1.29, 1.82) is 0 Å². The van der Waals surface area contributed by atoms with Gasteiger partial charge in [-0.15, -0.1) is 0 Å². The van der Waals surface area contributed by atoms with Gasteiger partial charge in [-0.1, -0.05) is 0 Å². The summed E-state index contributed by atoms with van der Waals surface area (Å²) in [6.07, 6.45) is -11.4. The third-order valence-corrected chi connectivity index (χ3v) is 3.81. The van der Waals surface area contributed by atoms with Gasteiger partial charge in [-0.05, 0) is 26.2 Å². The molecule has 0 spiro atoms. The van der Waals surface area contributed by atoms with Gasteiger partial charge in [0.25, 0.3) is 0 Å². The fraction of sp³-hybridized carbons (Fsp3) is 0.917. The van der Waals surface area contributed by atoms with Crippen LogP contribution in [0.2, 0.25) is 0 Å². The average Bonchev–Trinajstić information content (AvgIpc) is 2.81. The molecular formula is C12H18F6N2O2. The Labute approximate surface area is 123 Å². The fourth-order valence-corrected chi connectivity index (χ4v) is 2.38. The molecule has 0 aromatic carbocycles. The zero-order chi connectivity index (χ0) is 17.2. The second kappa shape index (κ2) is 6.51. The highest BCUT2D eigenvalue weighted by Crippen LogP contribution is 2.55. The number of hydrogen-bond acceptors (Lipinski definition) is 2. The van der Waals surface area contributed by atoms with E-state index in [-0.39, 0.29) is 6.61 Å². The van der Waals surface area contributed by atoms with E-state index < -0.39 is 49.4 Å². The Morgan fingerprint density at radius 2 is 1.82 bits per heavy atom. The molecule has 1 atom stereocenters. The second-order valence-corrected chi connectivity index (χ2v) is 5.47. The second-order valence-electron chi connectivity index (χ2n) is 5.47. The molecule has 1 fully saturated rings. The van der Waals surface area contributed by atoms with Gasteiger partial charge < -0.3 is 15.3 Å². The number of nitrogens with zero attached hydrogens (tertiary/aromatic N) is 1. The first kappa shape index (κ1) is 18.9. The minimum atomic E-state index is -5.47. The molecule has 4 nitrogen and oxygen atoms in total. The van der Waals surface area contributed by atoms with Gasteiger partial charge in [0.1, 0.15) is 0 Å². The van der Waals surface area contributed by atoms with Crippen molar-refractivity contribution in [3.8, 4) is 0 Å². The fourth-order valence-electron chi connectivity index (χ4n) is 2.38. The Kier molecular flexibility index (Phi) is 5.58. The smallest absolute Gasteiger partial charge is 0.396 e. The van der Waals surface area contributed by atoms with Crippen molar-refractivity contribution >= 4 is 6.03 Å². The quantitative estimate of drug-likeness (QED) is 0.776. The van der Waals surface area contributed by atoms with Crippen molar-refractivity contribution < 1.29 is 36.2 Å². The lowest BCUT2D eigenvalue weighted by Gasteiger charge is -2.33. The number of urea groups is 1.